The molecule has 1 rings (SSSR count). The van der Waals surface area contributed by atoms with Crippen LogP contribution in [0.2, 0.25) is 0 Å². The number of urea groups is 1. The Balaban J connectivity index is 2.56. The molecular weight excluding hydrogens is 240 g/mol. The minimum atomic E-state index is -0.761. The van der Waals surface area contributed by atoms with E-state index >= 15 is 0 Å². The molecule has 1 aliphatic rings. The molecule has 0 saturated carbocycles. The van der Waals surface area contributed by atoms with Gasteiger partial charge in [-0.15, -0.1) is 0 Å². The Morgan fingerprint density at radius 3 is 2.78 bits per heavy atom. The minimum Gasteiger partial charge on any atom is -0.338 e. The number of nitrogens with zero attached hydrogens (tertiary/aromatic N) is 1. The molecule has 1 aliphatic heterocycles. The van der Waals surface area contributed by atoms with Crippen LogP contribution in [0.25, 0.3) is 0 Å². The molecule has 0 aromatic rings. The van der Waals surface area contributed by atoms with Crippen molar-refractivity contribution in [3.05, 3.63) is 0 Å². The van der Waals surface area contributed by atoms with E-state index in [4.69, 9.17) is 5.21 Å². The summed E-state index contributed by atoms with van der Waals surface area (Å²) in [6, 6.07) is -1.79. The summed E-state index contributed by atoms with van der Waals surface area (Å²) in [4.78, 5) is 35.8. The first-order valence-electron chi connectivity index (χ1n) is 5.80. The van der Waals surface area contributed by atoms with Crippen molar-refractivity contribution in [2.75, 3.05) is 13.1 Å². The number of rotatable bonds is 4. The molecule has 2 unspecified atom stereocenters. The standard InChI is InChI=1S/C10H18N4O4/c1-3-11-10(17)12-7-4-5-14(9(7)16)6(2)8(15)13-18/h6-7,18H,3-5H2,1-2H3,(H,13,15)(H2,11,12,17). The molecule has 4 N–H and O–H groups in total. The molecule has 0 spiro atoms. The van der Waals surface area contributed by atoms with Crippen LogP contribution >= 0.6 is 0 Å². The van der Waals surface area contributed by atoms with Crippen molar-refractivity contribution in [1.29, 1.82) is 0 Å². The molecule has 4 amide bonds. The lowest BCUT2D eigenvalue weighted by molar-refractivity contribution is -0.141. The van der Waals surface area contributed by atoms with Gasteiger partial charge in [0.05, 0.1) is 0 Å². The molecular formula is C10H18N4O4. The molecule has 1 saturated heterocycles. The van der Waals surface area contributed by atoms with Gasteiger partial charge in [-0.25, -0.2) is 10.3 Å². The van der Waals surface area contributed by atoms with Crippen molar-refractivity contribution in [3.8, 4) is 0 Å². The summed E-state index contributed by atoms with van der Waals surface area (Å²) in [7, 11) is 0. The van der Waals surface area contributed by atoms with Crippen molar-refractivity contribution in [2.24, 2.45) is 0 Å². The number of hydrogen-bond acceptors (Lipinski definition) is 4. The van der Waals surface area contributed by atoms with Crippen LogP contribution in [-0.2, 0) is 9.59 Å². The zero-order valence-electron chi connectivity index (χ0n) is 10.4. The summed E-state index contributed by atoms with van der Waals surface area (Å²) in [5.74, 6) is -0.973. The Kier molecular flexibility index (Phi) is 4.90. The summed E-state index contributed by atoms with van der Waals surface area (Å²) < 4.78 is 0. The van der Waals surface area contributed by atoms with E-state index < -0.39 is 24.0 Å². The molecule has 0 radical (unpaired) electrons. The number of amides is 4. The second-order valence-corrected chi connectivity index (χ2v) is 4.03. The highest BCUT2D eigenvalue weighted by atomic mass is 16.5. The third kappa shape index (κ3) is 3.10. The molecule has 0 aliphatic carbocycles. The van der Waals surface area contributed by atoms with E-state index in [9.17, 15) is 14.4 Å². The first kappa shape index (κ1) is 14.2. The molecule has 102 valence electrons. The van der Waals surface area contributed by atoms with Crippen molar-refractivity contribution < 1.29 is 19.6 Å². The van der Waals surface area contributed by atoms with Gasteiger partial charge in [0.25, 0.3) is 5.91 Å². The average molecular weight is 258 g/mol. The second-order valence-electron chi connectivity index (χ2n) is 4.03. The van der Waals surface area contributed by atoms with Crippen LogP contribution in [0.15, 0.2) is 0 Å². The van der Waals surface area contributed by atoms with Crippen molar-refractivity contribution in [3.63, 3.8) is 0 Å². The van der Waals surface area contributed by atoms with Crippen LogP contribution in [-0.4, -0.2) is 53.1 Å². The third-order valence-electron chi connectivity index (χ3n) is 2.84. The topological polar surface area (TPSA) is 111 Å². The molecule has 0 bridgehead atoms. The van der Waals surface area contributed by atoms with Crippen LogP contribution in [0.1, 0.15) is 20.3 Å². The minimum absolute atomic E-state index is 0.322. The van der Waals surface area contributed by atoms with E-state index in [1.165, 1.54) is 17.3 Å². The van der Waals surface area contributed by atoms with Crippen LogP contribution in [0, 0.1) is 0 Å². The normalized spacial score (nSPS) is 20.5. The molecule has 18 heavy (non-hydrogen) atoms. The zero-order chi connectivity index (χ0) is 13.7. The van der Waals surface area contributed by atoms with Gasteiger partial charge in [-0.05, 0) is 20.3 Å². The zero-order valence-corrected chi connectivity index (χ0v) is 10.4. The first-order valence-corrected chi connectivity index (χ1v) is 5.80. The van der Waals surface area contributed by atoms with Gasteiger partial charge >= 0.3 is 6.03 Å². The lowest BCUT2D eigenvalue weighted by atomic mass is 10.2. The Hall–Kier alpha value is -1.83. The van der Waals surface area contributed by atoms with E-state index in [2.05, 4.69) is 10.6 Å². The van der Waals surface area contributed by atoms with Gasteiger partial charge in [0.1, 0.15) is 12.1 Å². The molecule has 0 aromatic heterocycles. The summed E-state index contributed by atoms with van der Waals surface area (Å²) in [5, 5.41) is 13.6. The lowest BCUT2D eigenvalue weighted by Crippen LogP contribution is -2.50. The van der Waals surface area contributed by atoms with Gasteiger partial charge in [0, 0.05) is 13.1 Å². The summed E-state index contributed by atoms with van der Waals surface area (Å²) in [6.45, 7) is 4.12. The SMILES string of the molecule is CCNC(=O)NC1CCN(C(C)C(=O)NO)C1=O. The highest BCUT2D eigenvalue weighted by Crippen LogP contribution is 2.14. The van der Waals surface area contributed by atoms with Gasteiger partial charge in [-0.2, -0.15) is 0 Å². The van der Waals surface area contributed by atoms with Gasteiger partial charge in [-0.1, -0.05) is 0 Å². The quantitative estimate of drug-likeness (QED) is 0.375. The Labute approximate surface area is 105 Å². The van der Waals surface area contributed by atoms with E-state index in [1.54, 1.807) is 6.92 Å². The van der Waals surface area contributed by atoms with Gasteiger partial charge in [-0.3, -0.25) is 14.8 Å². The van der Waals surface area contributed by atoms with Crippen LogP contribution in [0.3, 0.4) is 0 Å². The fourth-order valence-corrected chi connectivity index (χ4v) is 1.83. The maximum atomic E-state index is 11.9. The largest absolute Gasteiger partial charge is 0.338 e. The smallest absolute Gasteiger partial charge is 0.315 e. The van der Waals surface area contributed by atoms with Crippen LogP contribution in [0.4, 0.5) is 4.79 Å². The first-order chi connectivity index (χ1) is 8.51. The number of hydrogen-bond donors (Lipinski definition) is 4. The fourth-order valence-electron chi connectivity index (χ4n) is 1.83. The number of carbonyl (C=O) groups excluding carboxylic acids is 3. The summed E-state index contributed by atoms with van der Waals surface area (Å²) >= 11 is 0. The van der Waals surface area contributed by atoms with Crippen molar-refractivity contribution >= 4 is 17.8 Å². The predicted octanol–water partition coefficient (Wildman–Crippen LogP) is -1.20. The lowest BCUT2D eigenvalue weighted by Gasteiger charge is -2.22. The molecule has 8 heteroatoms. The van der Waals surface area contributed by atoms with E-state index in [0.717, 1.165) is 0 Å². The van der Waals surface area contributed by atoms with E-state index in [0.29, 0.717) is 19.5 Å². The second kappa shape index (κ2) is 6.20. The summed E-state index contributed by atoms with van der Waals surface area (Å²) in [5.41, 5.74) is 1.51. The van der Waals surface area contributed by atoms with Crippen LogP contribution in [0.5, 0.6) is 0 Å². The van der Waals surface area contributed by atoms with Crippen molar-refractivity contribution in [1.82, 2.24) is 21.0 Å². The Bertz CT molecular complexity index is 347. The predicted molar refractivity (Wildman–Crippen MR) is 61.7 cm³/mol. The Morgan fingerprint density at radius 2 is 2.22 bits per heavy atom. The fraction of sp³-hybridized carbons (Fsp3) is 0.700. The maximum absolute atomic E-state index is 11.9. The van der Waals surface area contributed by atoms with E-state index in [-0.39, 0.29) is 5.91 Å². The van der Waals surface area contributed by atoms with Gasteiger partial charge in [0.15, 0.2) is 0 Å². The number of nitrogens with one attached hydrogen (secondary N) is 3. The van der Waals surface area contributed by atoms with Crippen molar-refractivity contribution in [2.45, 2.75) is 32.4 Å². The monoisotopic (exact) mass is 258 g/mol. The molecule has 2 atom stereocenters. The molecule has 1 heterocycles. The maximum Gasteiger partial charge on any atom is 0.315 e. The average Bonchev–Trinajstić information content (AvgIpc) is 2.69. The van der Waals surface area contributed by atoms with Gasteiger partial charge < -0.3 is 15.5 Å². The molecule has 1 fully saturated rings. The number of carbonyl (C=O) groups is 3. The highest BCUT2D eigenvalue weighted by Gasteiger charge is 2.37. The van der Waals surface area contributed by atoms with Gasteiger partial charge in [0.2, 0.25) is 5.91 Å². The number of likely N-dealkylation sites (tertiary alicyclic amines) is 1. The highest BCUT2D eigenvalue weighted by molar-refractivity contribution is 5.92. The summed E-state index contributed by atoms with van der Waals surface area (Å²) in [6.07, 6.45) is 0.443. The van der Waals surface area contributed by atoms with E-state index in [1.807, 2.05) is 0 Å². The molecule has 8 nitrogen and oxygen atoms in total. The molecule has 0 aromatic carbocycles. The number of hydroxylamine groups is 1. The van der Waals surface area contributed by atoms with Crippen LogP contribution < -0.4 is 16.1 Å². The third-order valence-corrected chi connectivity index (χ3v) is 2.84. The Morgan fingerprint density at radius 1 is 1.56 bits per heavy atom.